The number of pyridine rings is 1. The lowest BCUT2D eigenvalue weighted by molar-refractivity contribution is 0.944. The zero-order chi connectivity index (χ0) is 7.84. The first kappa shape index (κ1) is 6.46. The number of anilines is 2. The van der Waals surface area contributed by atoms with Crippen molar-refractivity contribution in [2.75, 3.05) is 24.2 Å². The van der Waals surface area contributed by atoms with Crippen molar-refractivity contribution < 1.29 is 0 Å². The number of rotatable bonds is 0. The Morgan fingerprint density at radius 1 is 1.64 bits per heavy atom. The monoisotopic (exact) mass is 149 g/mol. The Bertz CT molecular complexity index is 283. The van der Waals surface area contributed by atoms with Gasteiger partial charge in [-0.1, -0.05) is 0 Å². The van der Waals surface area contributed by atoms with Crippen LogP contribution in [0.3, 0.4) is 0 Å². The van der Waals surface area contributed by atoms with Crippen molar-refractivity contribution in [3.8, 4) is 0 Å². The first-order valence-corrected chi connectivity index (χ1v) is 3.73. The van der Waals surface area contributed by atoms with Crippen LogP contribution in [0.5, 0.6) is 0 Å². The van der Waals surface area contributed by atoms with Crippen LogP contribution in [0.15, 0.2) is 12.3 Å². The molecule has 2 N–H and O–H groups in total. The van der Waals surface area contributed by atoms with Crippen molar-refractivity contribution in [2.45, 2.75) is 6.42 Å². The van der Waals surface area contributed by atoms with Gasteiger partial charge in [0, 0.05) is 20.0 Å². The van der Waals surface area contributed by atoms with Gasteiger partial charge >= 0.3 is 0 Å². The molecule has 0 saturated heterocycles. The number of fused-ring (bicyclic) bond motifs is 1. The van der Waals surface area contributed by atoms with Gasteiger partial charge in [0.15, 0.2) is 0 Å². The van der Waals surface area contributed by atoms with E-state index in [9.17, 15) is 0 Å². The van der Waals surface area contributed by atoms with Gasteiger partial charge in [0.1, 0.15) is 0 Å². The van der Waals surface area contributed by atoms with E-state index in [4.69, 9.17) is 5.73 Å². The molecule has 0 radical (unpaired) electrons. The average Bonchev–Trinajstić information content (AvgIpc) is 2.33. The van der Waals surface area contributed by atoms with Crippen LogP contribution in [0.4, 0.5) is 11.4 Å². The predicted molar refractivity (Wildman–Crippen MR) is 45.6 cm³/mol. The Balaban J connectivity index is 2.52. The molecule has 0 aliphatic carbocycles. The molecule has 0 atom stereocenters. The largest absolute Gasteiger partial charge is 0.397 e. The van der Waals surface area contributed by atoms with Gasteiger partial charge < -0.3 is 10.6 Å². The highest BCUT2D eigenvalue weighted by atomic mass is 15.1. The third-order valence-corrected chi connectivity index (χ3v) is 2.06. The van der Waals surface area contributed by atoms with Gasteiger partial charge in [0.25, 0.3) is 0 Å². The first-order chi connectivity index (χ1) is 5.27. The van der Waals surface area contributed by atoms with E-state index < -0.39 is 0 Å². The molecule has 1 aromatic heterocycles. The third-order valence-electron chi connectivity index (χ3n) is 2.06. The molecule has 1 aromatic rings. The van der Waals surface area contributed by atoms with Gasteiger partial charge in [-0.05, 0) is 6.07 Å². The van der Waals surface area contributed by atoms with Crippen LogP contribution in [0, 0.1) is 0 Å². The molecule has 0 saturated carbocycles. The highest BCUT2D eigenvalue weighted by Gasteiger charge is 2.16. The normalized spacial score (nSPS) is 15.2. The quantitative estimate of drug-likeness (QED) is 0.589. The summed E-state index contributed by atoms with van der Waals surface area (Å²) in [5.74, 6) is 0. The minimum absolute atomic E-state index is 0.748. The number of aromatic nitrogens is 1. The molecule has 0 bridgehead atoms. The second kappa shape index (κ2) is 2.12. The van der Waals surface area contributed by atoms with Crippen LogP contribution >= 0.6 is 0 Å². The molecule has 1 aliphatic heterocycles. The predicted octanol–water partition coefficient (Wildman–Crippen LogP) is 0.656. The molecule has 1 aliphatic rings. The zero-order valence-electron chi connectivity index (χ0n) is 6.54. The lowest BCUT2D eigenvalue weighted by Crippen LogP contribution is -2.12. The molecule has 0 fully saturated rings. The van der Waals surface area contributed by atoms with Crippen LogP contribution in [0.1, 0.15) is 5.69 Å². The van der Waals surface area contributed by atoms with Crippen molar-refractivity contribution >= 4 is 11.4 Å². The second-order valence-corrected chi connectivity index (χ2v) is 2.91. The summed E-state index contributed by atoms with van der Waals surface area (Å²) in [7, 11) is 2.06. The van der Waals surface area contributed by atoms with E-state index in [0.29, 0.717) is 0 Å². The van der Waals surface area contributed by atoms with Gasteiger partial charge in [-0.3, -0.25) is 4.98 Å². The Morgan fingerprint density at radius 3 is 3.27 bits per heavy atom. The van der Waals surface area contributed by atoms with Crippen molar-refractivity contribution in [3.63, 3.8) is 0 Å². The number of nitrogens with zero attached hydrogens (tertiary/aromatic N) is 2. The molecule has 11 heavy (non-hydrogen) atoms. The highest BCUT2D eigenvalue weighted by Crippen LogP contribution is 2.25. The van der Waals surface area contributed by atoms with E-state index in [-0.39, 0.29) is 0 Å². The first-order valence-electron chi connectivity index (χ1n) is 3.73. The van der Waals surface area contributed by atoms with Crippen LogP contribution in [-0.2, 0) is 6.42 Å². The molecule has 3 nitrogen and oxygen atoms in total. The van der Waals surface area contributed by atoms with Gasteiger partial charge in [-0.15, -0.1) is 0 Å². The molecule has 3 heteroatoms. The SMILES string of the molecule is CN1CCc2ncc(N)cc21. The van der Waals surface area contributed by atoms with Gasteiger partial charge in [0.2, 0.25) is 0 Å². The number of nitrogen functional groups attached to an aromatic ring is 1. The highest BCUT2D eigenvalue weighted by molar-refractivity contribution is 5.60. The van der Waals surface area contributed by atoms with Crippen molar-refractivity contribution in [2.24, 2.45) is 0 Å². The summed E-state index contributed by atoms with van der Waals surface area (Å²) in [6.45, 7) is 1.06. The number of hydrogen-bond donors (Lipinski definition) is 1. The second-order valence-electron chi connectivity index (χ2n) is 2.91. The van der Waals surface area contributed by atoms with Gasteiger partial charge in [0.05, 0.1) is 23.3 Å². The zero-order valence-corrected chi connectivity index (χ0v) is 6.54. The molecule has 0 unspecified atom stereocenters. The number of hydrogen-bond acceptors (Lipinski definition) is 3. The maximum absolute atomic E-state index is 5.60. The van der Waals surface area contributed by atoms with Crippen molar-refractivity contribution in [3.05, 3.63) is 18.0 Å². The maximum Gasteiger partial charge on any atom is 0.0655 e. The lowest BCUT2D eigenvalue weighted by atomic mass is 10.3. The average molecular weight is 149 g/mol. The molecule has 0 aromatic carbocycles. The topological polar surface area (TPSA) is 42.2 Å². The smallest absolute Gasteiger partial charge is 0.0655 e. The number of likely N-dealkylation sites (N-methyl/N-ethyl adjacent to an activating group) is 1. The summed E-state index contributed by atoms with van der Waals surface area (Å²) in [4.78, 5) is 6.42. The van der Waals surface area contributed by atoms with Crippen LogP contribution < -0.4 is 10.6 Å². The molecule has 2 rings (SSSR count). The summed E-state index contributed by atoms with van der Waals surface area (Å²) in [5.41, 5.74) is 8.70. The maximum atomic E-state index is 5.60. The molecule has 0 amide bonds. The third kappa shape index (κ3) is 0.926. The molecular formula is C8H11N3. The number of nitrogens with two attached hydrogens (primary N) is 1. The summed E-state index contributed by atoms with van der Waals surface area (Å²) >= 11 is 0. The van der Waals surface area contributed by atoms with Gasteiger partial charge in [-0.2, -0.15) is 0 Å². The van der Waals surface area contributed by atoms with E-state index in [0.717, 1.165) is 18.7 Å². The molecular weight excluding hydrogens is 138 g/mol. The minimum Gasteiger partial charge on any atom is -0.397 e. The van der Waals surface area contributed by atoms with E-state index in [1.165, 1.54) is 11.4 Å². The fourth-order valence-electron chi connectivity index (χ4n) is 1.41. The fraction of sp³-hybridized carbons (Fsp3) is 0.375. The summed E-state index contributed by atoms with van der Waals surface area (Å²) in [6.07, 6.45) is 2.77. The standard InChI is InChI=1S/C8H11N3/c1-11-3-2-7-8(11)4-6(9)5-10-7/h4-5H,2-3,9H2,1H3. The van der Waals surface area contributed by atoms with Crippen molar-refractivity contribution in [1.82, 2.24) is 4.98 Å². The Morgan fingerprint density at radius 2 is 2.45 bits per heavy atom. The Labute approximate surface area is 65.8 Å². The van der Waals surface area contributed by atoms with Crippen LogP contribution in [-0.4, -0.2) is 18.6 Å². The minimum atomic E-state index is 0.748. The van der Waals surface area contributed by atoms with Crippen LogP contribution in [0.2, 0.25) is 0 Å². The summed E-state index contributed by atoms with van der Waals surface area (Å²) in [5, 5.41) is 0. The van der Waals surface area contributed by atoms with E-state index in [2.05, 4.69) is 16.9 Å². The molecule has 58 valence electrons. The Kier molecular flexibility index (Phi) is 1.24. The van der Waals surface area contributed by atoms with E-state index in [1.54, 1.807) is 6.20 Å². The lowest BCUT2D eigenvalue weighted by Gasteiger charge is -2.10. The van der Waals surface area contributed by atoms with Crippen molar-refractivity contribution in [1.29, 1.82) is 0 Å². The fourth-order valence-corrected chi connectivity index (χ4v) is 1.41. The summed E-state index contributed by atoms with van der Waals surface area (Å²) < 4.78 is 0. The summed E-state index contributed by atoms with van der Waals surface area (Å²) in [6, 6.07) is 1.98. The van der Waals surface area contributed by atoms with E-state index >= 15 is 0 Å². The Hall–Kier alpha value is -1.25. The molecule has 0 spiro atoms. The van der Waals surface area contributed by atoms with E-state index in [1.807, 2.05) is 6.07 Å². The molecule has 2 heterocycles. The van der Waals surface area contributed by atoms with Gasteiger partial charge in [-0.25, -0.2) is 0 Å². The van der Waals surface area contributed by atoms with Crippen LogP contribution in [0.25, 0.3) is 0 Å².